The van der Waals surface area contributed by atoms with Crippen LogP contribution in [0.5, 0.6) is 0 Å². The Hall–Kier alpha value is -4.22. The quantitative estimate of drug-likeness (QED) is 0.370. The number of amides is 2. The zero-order valence-corrected chi connectivity index (χ0v) is 20.3. The summed E-state index contributed by atoms with van der Waals surface area (Å²) >= 11 is 0. The first-order chi connectivity index (χ1) is 17.8. The van der Waals surface area contributed by atoms with Crippen molar-refractivity contribution in [1.82, 2.24) is 40.0 Å². The Morgan fingerprint density at radius 3 is 2.81 bits per heavy atom. The molecule has 192 valence electrons. The number of halogens is 2. The smallest absolute Gasteiger partial charge is 0.243 e. The summed E-state index contributed by atoms with van der Waals surface area (Å²) in [5, 5.41) is 12.7. The number of aromatic nitrogens is 6. The number of aromatic amines is 1. The predicted molar refractivity (Wildman–Crippen MR) is 129 cm³/mol. The second-order valence-corrected chi connectivity index (χ2v) is 9.45. The zero-order chi connectivity index (χ0) is 26.1. The van der Waals surface area contributed by atoms with Gasteiger partial charge in [-0.1, -0.05) is 25.1 Å². The van der Waals surface area contributed by atoms with Crippen LogP contribution >= 0.6 is 0 Å². The number of H-pyrrole nitrogens is 1. The topological polar surface area (TPSA) is 121 Å². The predicted octanol–water partition coefficient (Wildman–Crippen LogP) is 2.50. The Morgan fingerprint density at radius 2 is 2.08 bits per heavy atom. The number of nitrogens with zero attached hydrogens (tertiary/aromatic N) is 6. The molecule has 4 aromatic heterocycles. The molecule has 0 aromatic carbocycles. The van der Waals surface area contributed by atoms with Gasteiger partial charge in [-0.05, 0) is 29.7 Å². The number of hydrogen-bond acceptors (Lipinski definition) is 6. The van der Waals surface area contributed by atoms with Crippen molar-refractivity contribution < 1.29 is 18.4 Å². The molecular formula is C25H26F2N8O2. The number of pyridine rings is 2. The van der Waals surface area contributed by atoms with Crippen LogP contribution in [0.1, 0.15) is 54.7 Å². The number of rotatable bonds is 7. The van der Waals surface area contributed by atoms with Gasteiger partial charge in [0.1, 0.15) is 12.2 Å². The Bertz CT molecular complexity index is 1420. The highest BCUT2D eigenvalue weighted by Crippen LogP contribution is 2.27. The molecule has 0 spiro atoms. The molecular weight excluding hydrogens is 482 g/mol. The van der Waals surface area contributed by atoms with Gasteiger partial charge in [0.2, 0.25) is 17.8 Å². The first-order valence-electron chi connectivity index (χ1n) is 12.0. The van der Waals surface area contributed by atoms with E-state index in [2.05, 4.69) is 30.7 Å². The molecule has 1 aliphatic heterocycles. The molecule has 2 amide bonds. The zero-order valence-electron chi connectivity index (χ0n) is 20.3. The maximum atomic E-state index is 14.9. The van der Waals surface area contributed by atoms with Crippen LogP contribution in [0, 0.1) is 5.95 Å². The van der Waals surface area contributed by atoms with Gasteiger partial charge in [0, 0.05) is 18.2 Å². The molecule has 2 N–H and O–H groups in total. The van der Waals surface area contributed by atoms with Crippen molar-refractivity contribution in [2.45, 2.75) is 50.9 Å². The largest absolute Gasteiger partial charge is 0.342 e. The molecule has 5 heterocycles. The average Bonchev–Trinajstić information content (AvgIpc) is 3.62. The summed E-state index contributed by atoms with van der Waals surface area (Å²) in [6.45, 7) is 3.54. The molecule has 0 saturated carbocycles. The number of nitrogens with one attached hydrogen (secondary N) is 2. The summed E-state index contributed by atoms with van der Waals surface area (Å²) in [5.74, 6) is -1.66. The Morgan fingerprint density at radius 1 is 1.24 bits per heavy atom. The lowest BCUT2D eigenvalue weighted by molar-refractivity contribution is -0.138. The highest BCUT2D eigenvalue weighted by molar-refractivity contribution is 5.89. The van der Waals surface area contributed by atoms with Gasteiger partial charge >= 0.3 is 0 Å². The van der Waals surface area contributed by atoms with Crippen LogP contribution in [0.2, 0.25) is 0 Å². The number of likely N-dealkylation sites (tertiary alicyclic amines) is 1. The first kappa shape index (κ1) is 24.5. The maximum absolute atomic E-state index is 14.9. The van der Waals surface area contributed by atoms with E-state index in [9.17, 15) is 18.4 Å². The van der Waals surface area contributed by atoms with Crippen molar-refractivity contribution >= 4 is 17.3 Å². The molecule has 12 heteroatoms. The molecule has 10 nitrogen and oxygen atoms in total. The minimum Gasteiger partial charge on any atom is -0.342 e. The second kappa shape index (κ2) is 10.0. The molecule has 4 aromatic rings. The van der Waals surface area contributed by atoms with Crippen LogP contribution in [0.3, 0.4) is 0 Å². The Labute approximate surface area is 211 Å². The van der Waals surface area contributed by atoms with E-state index in [1.54, 1.807) is 41.3 Å². The number of imidazole rings is 1. The van der Waals surface area contributed by atoms with Crippen LogP contribution in [0.4, 0.5) is 8.78 Å². The van der Waals surface area contributed by atoms with Crippen LogP contribution in [-0.2, 0) is 16.0 Å². The monoisotopic (exact) mass is 508 g/mol. The summed E-state index contributed by atoms with van der Waals surface area (Å²) in [6.07, 6.45) is 4.91. The fourth-order valence-electron chi connectivity index (χ4n) is 4.61. The van der Waals surface area contributed by atoms with Gasteiger partial charge in [-0.15, -0.1) is 5.10 Å². The summed E-state index contributed by atoms with van der Waals surface area (Å²) < 4.78 is 31.1. The minimum atomic E-state index is -1.35. The van der Waals surface area contributed by atoms with Crippen molar-refractivity contribution in [2.75, 3.05) is 6.54 Å². The fourth-order valence-corrected chi connectivity index (χ4v) is 4.61. The van der Waals surface area contributed by atoms with E-state index in [1.807, 2.05) is 19.9 Å². The first-order valence-corrected chi connectivity index (χ1v) is 12.0. The van der Waals surface area contributed by atoms with Gasteiger partial charge in [-0.3, -0.25) is 14.7 Å². The third-order valence-corrected chi connectivity index (χ3v) is 6.55. The normalized spacial score (nSPS) is 18.5. The van der Waals surface area contributed by atoms with Crippen molar-refractivity contribution in [3.8, 4) is 0 Å². The van der Waals surface area contributed by atoms with E-state index in [0.717, 1.165) is 5.52 Å². The maximum Gasteiger partial charge on any atom is 0.243 e. The summed E-state index contributed by atoms with van der Waals surface area (Å²) in [4.78, 5) is 35.9. The van der Waals surface area contributed by atoms with E-state index >= 15 is 0 Å². The third-order valence-electron chi connectivity index (χ3n) is 6.55. The van der Waals surface area contributed by atoms with Crippen LogP contribution in [0.15, 0.2) is 49.2 Å². The van der Waals surface area contributed by atoms with Crippen LogP contribution in [0.25, 0.3) is 5.52 Å². The van der Waals surface area contributed by atoms with Gasteiger partial charge in [-0.25, -0.2) is 14.4 Å². The van der Waals surface area contributed by atoms with Crippen molar-refractivity contribution in [3.05, 3.63) is 77.6 Å². The standard InChI is InChI=1S/C25H26F2N8O2/c1-14(2)19-3-4-20(30-24(19)27)23(15-5-6-34-13-28-11-18(34)7-15)31-25(37)21-8-16(26)12-35(21)22(36)9-17-10-29-33-32-17/h3-7,10-11,13-14,16,21,23H,8-9,12H2,1-2H3,(H,31,37)(H,29,32,33)/t16-,21+,23+/m1/s1. The van der Waals surface area contributed by atoms with Crippen LogP contribution < -0.4 is 5.32 Å². The van der Waals surface area contributed by atoms with E-state index in [0.29, 0.717) is 16.8 Å². The average molecular weight is 509 g/mol. The Kier molecular flexibility index (Phi) is 6.64. The van der Waals surface area contributed by atoms with Crippen molar-refractivity contribution in [1.29, 1.82) is 0 Å². The molecule has 37 heavy (non-hydrogen) atoms. The molecule has 1 aliphatic rings. The molecule has 3 atom stereocenters. The van der Waals surface area contributed by atoms with Crippen molar-refractivity contribution in [3.63, 3.8) is 0 Å². The molecule has 0 unspecified atom stereocenters. The van der Waals surface area contributed by atoms with E-state index in [4.69, 9.17) is 0 Å². The van der Waals surface area contributed by atoms with Gasteiger partial charge in [0.25, 0.3) is 0 Å². The third kappa shape index (κ3) is 5.04. The minimum absolute atomic E-state index is 0.0673. The van der Waals surface area contributed by atoms with E-state index < -0.39 is 36.0 Å². The molecule has 0 aliphatic carbocycles. The fraction of sp³-hybridized carbons (Fsp3) is 0.360. The van der Waals surface area contributed by atoms with Gasteiger partial charge in [-0.2, -0.15) is 4.39 Å². The Balaban J connectivity index is 1.45. The van der Waals surface area contributed by atoms with Gasteiger partial charge in [0.15, 0.2) is 0 Å². The van der Waals surface area contributed by atoms with Crippen molar-refractivity contribution in [2.24, 2.45) is 0 Å². The summed E-state index contributed by atoms with van der Waals surface area (Å²) in [6, 6.07) is 5.05. The molecule has 0 radical (unpaired) electrons. The number of hydrogen-bond donors (Lipinski definition) is 2. The highest BCUT2D eigenvalue weighted by atomic mass is 19.1. The molecule has 1 saturated heterocycles. The number of alkyl halides is 1. The molecule has 1 fully saturated rings. The summed E-state index contributed by atoms with van der Waals surface area (Å²) in [5.41, 5.74) is 2.62. The van der Waals surface area contributed by atoms with Gasteiger partial charge < -0.3 is 14.6 Å². The lowest BCUT2D eigenvalue weighted by Crippen LogP contribution is -2.47. The molecule has 0 bridgehead atoms. The second-order valence-electron chi connectivity index (χ2n) is 9.45. The summed E-state index contributed by atoms with van der Waals surface area (Å²) in [7, 11) is 0. The number of carbonyl (C=O) groups is 2. The molecule has 5 rings (SSSR count). The van der Waals surface area contributed by atoms with E-state index in [1.165, 1.54) is 11.1 Å². The number of carbonyl (C=O) groups excluding carboxylic acids is 2. The highest BCUT2D eigenvalue weighted by Gasteiger charge is 2.40. The lowest BCUT2D eigenvalue weighted by Gasteiger charge is -2.26. The van der Waals surface area contributed by atoms with Gasteiger partial charge in [0.05, 0.1) is 54.6 Å². The number of fused-ring (bicyclic) bond motifs is 1. The van der Waals surface area contributed by atoms with E-state index in [-0.39, 0.29) is 31.0 Å². The van der Waals surface area contributed by atoms with Crippen LogP contribution in [-0.4, -0.2) is 65.3 Å². The SMILES string of the molecule is CC(C)c1ccc([C@@H](NC(=O)[C@@H]2C[C@@H](F)CN2C(=O)Cc2cnn[nH]2)c2ccn3cncc3c2)nc1F. The lowest BCUT2D eigenvalue weighted by atomic mass is 10.00.